The van der Waals surface area contributed by atoms with Gasteiger partial charge in [0.05, 0.1) is 12.2 Å². The number of carbonyl (C=O) groups excluding carboxylic acids is 1. The highest BCUT2D eigenvalue weighted by atomic mass is 16.3. The Morgan fingerprint density at radius 3 is 2.62 bits per heavy atom. The predicted molar refractivity (Wildman–Crippen MR) is 81.7 cm³/mol. The smallest absolute Gasteiger partial charge is 0.139 e. The molecule has 0 amide bonds. The topological polar surface area (TPSA) is 57.5 Å². The lowest BCUT2D eigenvalue weighted by Crippen LogP contribution is -2.56. The molecule has 3 aliphatic carbocycles. The summed E-state index contributed by atoms with van der Waals surface area (Å²) in [6.45, 7) is 2.05. The van der Waals surface area contributed by atoms with Crippen LogP contribution in [0.4, 0.5) is 0 Å². The highest BCUT2D eigenvalue weighted by Crippen LogP contribution is 2.55. The van der Waals surface area contributed by atoms with Crippen molar-refractivity contribution < 1.29 is 15.0 Å². The number of carbonyl (C=O) groups is 1. The van der Waals surface area contributed by atoms with E-state index in [4.69, 9.17) is 0 Å². The summed E-state index contributed by atoms with van der Waals surface area (Å²) < 4.78 is 0. The van der Waals surface area contributed by atoms with Crippen molar-refractivity contribution >= 4 is 5.78 Å². The van der Waals surface area contributed by atoms with E-state index >= 15 is 0 Å². The fourth-order valence-electron chi connectivity index (χ4n) is 4.67. The van der Waals surface area contributed by atoms with Gasteiger partial charge in [0, 0.05) is 17.8 Å². The third-order valence-corrected chi connectivity index (χ3v) is 6.39. The standard InChI is InChI=1S/C18H28O3/c1-18-10-9-16(20)13(14(18)11-17(18)21)7-8-15(19)12-5-3-2-4-6-12/h7-8,12-16,19-20H,2-6,9-11H2,1H3/b8-7+/t13-,14-,15+,16-,18+/m0/s1. The zero-order chi connectivity index (χ0) is 15.0. The molecule has 2 N–H and O–H groups in total. The van der Waals surface area contributed by atoms with E-state index < -0.39 is 0 Å². The van der Waals surface area contributed by atoms with Crippen molar-refractivity contribution in [1.82, 2.24) is 0 Å². The summed E-state index contributed by atoms with van der Waals surface area (Å²) in [6.07, 6.45) is 11.2. The van der Waals surface area contributed by atoms with Crippen LogP contribution in [0.15, 0.2) is 12.2 Å². The van der Waals surface area contributed by atoms with Crippen LogP contribution in [-0.4, -0.2) is 28.2 Å². The molecule has 0 spiro atoms. The molecule has 0 saturated heterocycles. The zero-order valence-corrected chi connectivity index (χ0v) is 13.0. The second-order valence-corrected chi connectivity index (χ2v) is 7.61. The number of ketones is 1. The van der Waals surface area contributed by atoms with Crippen LogP contribution in [0.5, 0.6) is 0 Å². The van der Waals surface area contributed by atoms with E-state index in [1.165, 1.54) is 19.3 Å². The third-order valence-electron chi connectivity index (χ3n) is 6.39. The van der Waals surface area contributed by atoms with Gasteiger partial charge >= 0.3 is 0 Å². The number of Topliss-reactive ketones (excluding diaryl/α,β-unsaturated/α-hetero) is 1. The van der Waals surface area contributed by atoms with Crippen LogP contribution in [0.25, 0.3) is 0 Å². The maximum Gasteiger partial charge on any atom is 0.139 e. The third kappa shape index (κ3) is 2.70. The number of rotatable bonds is 3. The molecule has 0 aromatic heterocycles. The monoisotopic (exact) mass is 292 g/mol. The summed E-state index contributed by atoms with van der Waals surface area (Å²) in [4.78, 5) is 11.9. The van der Waals surface area contributed by atoms with Crippen LogP contribution < -0.4 is 0 Å². The molecule has 3 nitrogen and oxygen atoms in total. The fourth-order valence-corrected chi connectivity index (χ4v) is 4.67. The number of hydrogen-bond donors (Lipinski definition) is 2. The van der Waals surface area contributed by atoms with Gasteiger partial charge in [-0.15, -0.1) is 0 Å². The molecule has 3 fully saturated rings. The Morgan fingerprint density at radius 1 is 1.24 bits per heavy atom. The SMILES string of the molecule is C[C@@]12CC[C@H](O)[C@@H](/C=C/[C@@H](O)C3CCCCC3)[C@@H]1CC2=O. The van der Waals surface area contributed by atoms with Crippen molar-refractivity contribution in [3.8, 4) is 0 Å². The van der Waals surface area contributed by atoms with Gasteiger partial charge in [0.2, 0.25) is 0 Å². The number of fused-ring (bicyclic) bond motifs is 1. The zero-order valence-electron chi connectivity index (χ0n) is 13.0. The summed E-state index contributed by atoms with van der Waals surface area (Å²) in [5.74, 6) is 1.04. The van der Waals surface area contributed by atoms with Crippen LogP contribution in [0.1, 0.15) is 58.3 Å². The van der Waals surface area contributed by atoms with E-state index in [9.17, 15) is 15.0 Å². The Bertz CT molecular complexity index is 424. The van der Waals surface area contributed by atoms with Gasteiger partial charge in [0.25, 0.3) is 0 Å². The summed E-state index contributed by atoms with van der Waals surface area (Å²) in [6, 6.07) is 0. The van der Waals surface area contributed by atoms with Crippen LogP contribution in [-0.2, 0) is 4.79 Å². The molecular weight excluding hydrogens is 264 g/mol. The Kier molecular flexibility index (Phi) is 4.24. The Morgan fingerprint density at radius 2 is 1.95 bits per heavy atom. The first kappa shape index (κ1) is 15.2. The lowest BCUT2D eigenvalue weighted by Gasteiger charge is -2.53. The molecule has 0 heterocycles. The van der Waals surface area contributed by atoms with E-state index in [-0.39, 0.29) is 29.5 Å². The van der Waals surface area contributed by atoms with Crippen LogP contribution in [0.3, 0.4) is 0 Å². The molecule has 118 valence electrons. The van der Waals surface area contributed by atoms with E-state index in [0.29, 0.717) is 24.5 Å². The Hall–Kier alpha value is -0.670. The van der Waals surface area contributed by atoms with Crippen molar-refractivity contribution in [2.24, 2.45) is 23.2 Å². The Balaban J connectivity index is 1.65. The van der Waals surface area contributed by atoms with Crippen molar-refractivity contribution in [3.05, 3.63) is 12.2 Å². The molecule has 5 atom stereocenters. The molecule has 3 saturated carbocycles. The molecule has 0 unspecified atom stereocenters. The van der Waals surface area contributed by atoms with Gasteiger partial charge in [-0.05, 0) is 37.5 Å². The summed E-state index contributed by atoms with van der Waals surface area (Å²) in [5.41, 5.74) is -0.218. The fraction of sp³-hybridized carbons (Fsp3) is 0.833. The van der Waals surface area contributed by atoms with Crippen molar-refractivity contribution in [3.63, 3.8) is 0 Å². The van der Waals surface area contributed by atoms with Crippen molar-refractivity contribution in [2.75, 3.05) is 0 Å². The first-order chi connectivity index (χ1) is 10.0. The first-order valence-corrected chi connectivity index (χ1v) is 8.60. The quantitative estimate of drug-likeness (QED) is 0.786. The van der Waals surface area contributed by atoms with Gasteiger partial charge in [0.1, 0.15) is 5.78 Å². The van der Waals surface area contributed by atoms with Crippen molar-refractivity contribution in [1.29, 1.82) is 0 Å². The van der Waals surface area contributed by atoms with Crippen LogP contribution in [0.2, 0.25) is 0 Å². The number of aliphatic hydroxyl groups excluding tert-OH is 2. The molecule has 21 heavy (non-hydrogen) atoms. The summed E-state index contributed by atoms with van der Waals surface area (Å²) >= 11 is 0. The lowest BCUT2D eigenvalue weighted by molar-refractivity contribution is -0.157. The molecule has 0 aromatic carbocycles. The van der Waals surface area contributed by atoms with E-state index in [1.807, 2.05) is 19.1 Å². The first-order valence-electron chi connectivity index (χ1n) is 8.60. The number of hydrogen-bond acceptors (Lipinski definition) is 3. The summed E-state index contributed by atoms with van der Waals surface area (Å²) in [7, 11) is 0. The molecule has 0 aliphatic heterocycles. The maximum atomic E-state index is 11.9. The van der Waals surface area contributed by atoms with Gasteiger partial charge in [0.15, 0.2) is 0 Å². The highest BCUT2D eigenvalue weighted by Gasteiger charge is 2.57. The molecule has 3 rings (SSSR count). The van der Waals surface area contributed by atoms with Gasteiger partial charge < -0.3 is 10.2 Å². The van der Waals surface area contributed by atoms with Gasteiger partial charge in [-0.2, -0.15) is 0 Å². The molecule has 0 radical (unpaired) electrons. The maximum absolute atomic E-state index is 11.9. The number of aliphatic hydroxyl groups is 2. The highest BCUT2D eigenvalue weighted by molar-refractivity contribution is 5.91. The van der Waals surface area contributed by atoms with Crippen LogP contribution >= 0.6 is 0 Å². The van der Waals surface area contributed by atoms with Gasteiger partial charge in [-0.3, -0.25) is 4.79 Å². The molecule has 3 heteroatoms. The second kappa shape index (κ2) is 5.85. The molecule has 0 bridgehead atoms. The average Bonchev–Trinajstić information content (AvgIpc) is 2.51. The lowest BCUT2D eigenvalue weighted by atomic mass is 9.50. The van der Waals surface area contributed by atoms with Crippen LogP contribution in [0, 0.1) is 23.2 Å². The minimum atomic E-state index is -0.388. The normalized spacial score (nSPS) is 42.6. The molecule has 3 aliphatic rings. The second-order valence-electron chi connectivity index (χ2n) is 7.61. The largest absolute Gasteiger partial charge is 0.393 e. The van der Waals surface area contributed by atoms with Gasteiger partial charge in [-0.1, -0.05) is 38.3 Å². The minimum Gasteiger partial charge on any atom is -0.393 e. The average molecular weight is 292 g/mol. The summed E-state index contributed by atoms with van der Waals surface area (Å²) in [5, 5.41) is 20.6. The van der Waals surface area contributed by atoms with Gasteiger partial charge in [-0.25, -0.2) is 0 Å². The predicted octanol–water partition coefficient (Wildman–Crippen LogP) is 2.85. The van der Waals surface area contributed by atoms with E-state index in [1.54, 1.807) is 0 Å². The van der Waals surface area contributed by atoms with Crippen molar-refractivity contribution in [2.45, 2.75) is 70.5 Å². The minimum absolute atomic E-state index is 0.0414. The van der Waals surface area contributed by atoms with E-state index in [2.05, 4.69) is 0 Å². The Labute approximate surface area is 127 Å². The molecule has 0 aromatic rings. The molecular formula is C18H28O3. The van der Waals surface area contributed by atoms with E-state index in [0.717, 1.165) is 19.3 Å².